The minimum absolute atomic E-state index is 0.149. The number of piperazine rings is 1. The van der Waals surface area contributed by atoms with Gasteiger partial charge in [0.1, 0.15) is 23.2 Å². The van der Waals surface area contributed by atoms with Gasteiger partial charge in [0, 0.05) is 36.4 Å². The van der Waals surface area contributed by atoms with E-state index < -0.39 is 17.4 Å². The summed E-state index contributed by atoms with van der Waals surface area (Å²) < 4.78 is 19.0. The summed E-state index contributed by atoms with van der Waals surface area (Å²) in [5.41, 5.74) is 8.99. The number of carbonyl (C=O) groups excluding carboxylic acids is 2. The van der Waals surface area contributed by atoms with Gasteiger partial charge in [-0.25, -0.2) is 13.9 Å². The number of anilines is 2. The molecule has 1 saturated heterocycles. The molecular weight excluding hydrogens is 487 g/mol. The molecule has 38 heavy (non-hydrogen) atoms. The van der Waals surface area contributed by atoms with Gasteiger partial charge < -0.3 is 15.5 Å². The van der Waals surface area contributed by atoms with Gasteiger partial charge in [0.2, 0.25) is 5.91 Å². The number of nitrogens with zero attached hydrogens (tertiary/aromatic N) is 7. The predicted octanol–water partition coefficient (Wildman–Crippen LogP) is 3.68. The van der Waals surface area contributed by atoms with Crippen molar-refractivity contribution in [1.29, 1.82) is 0 Å². The molecule has 4 heterocycles. The first-order valence-corrected chi connectivity index (χ1v) is 12.7. The minimum atomic E-state index is -1.11. The topological polar surface area (TPSA) is 115 Å². The fourth-order valence-electron chi connectivity index (χ4n) is 5.42. The van der Waals surface area contributed by atoms with Crippen LogP contribution in [-0.4, -0.2) is 59.2 Å². The van der Waals surface area contributed by atoms with Crippen LogP contribution in [0.25, 0.3) is 27.9 Å². The fourth-order valence-corrected chi connectivity index (χ4v) is 5.42. The molecule has 10 nitrogen and oxygen atoms in total. The second-order valence-corrected chi connectivity index (χ2v) is 10.7. The zero-order chi connectivity index (χ0) is 26.9. The molecule has 1 aromatic carbocycles. The van der Waals surface area contributed by atoms with Crippen molar-refractivity contribution < 1.29 is 14.0 Å². The second kappa shape index (κ2) is 8.37. The minimum Gasteiger partial charge on any atom is -0.382 e. The van der Waals surface area contributed by atoms with Crippen molar-refractivity contribution in [2.75, 3.05) is 17.2 Å². The second-order valence-electron chi connectivity index (χ2n) is 10.7. The number of amides is 2. The van der Waals surface area contributed by atoms with Crippen molar-refractivity contribution >= 4 is 28.8 Å². The molecule has 3 aromatic heterocycles. The number of nitrogens with two attached hydrogens (primary N) is 1. The summed E-state index contributed by atoms with van der Waals surface area (Å²) in [5.74, 6) is -0.753. The molecule has 2 N–H and O–H groups in total. The summed E-state index contributed by atoms with van der Waals surface area (Å²) in [7, 11) is 0. The van der Waals surface area contributed by atoms with Crippen LogP contribution < -0.4 is 10.6 Å². The highest BCUT2D eigenvalue weighted by atomic mass is 19.1. The Labute approximate surface area is 218 Å². The maximum Gasteiger partial charge on any atom is 0.252 e. The van der Waals surface area contributed by atoms with E-state index in [0.717, 1.165) is 24.0 Å². The molecule has 1 aliphatic heterocycles. The highest BCUT2D eigenvalue weighted by Gasteiger charge is 2.47. The van der Waals surface area contributed by atoms with Gasteiger partial charge in [-0.3, -0.25) is 14.3 Å². The van der Waals surface area contributed by atoms with Crippen molar-refractivity contribution in [1.82, 2.24) is 29.3 Å². The summed E-state index contributed by atoms with van der Waals surface area (Å²) in [5, 5.41) is 8.96. The van der Waals surface area contributed by atoms with Crippen LogP contribution in [0.1, 0.15) is 46.6 Å². The standard InChI is InChI=1S/C27H29FN8O2/c1-15-12-33(16(2)37)27(3,4)26(38)35(15)23-9-17(5-8-21(23)28)22-10-20(24-25(29)30-14-32-36(22)24)18-11-31-34(13-18)19-6-7-19/h5,8-11,13-15,19H,6-7,12H2,1-4H3,(H2,29,30,32). The van der Waals surface area contributed by atoms with Crippen LogP contribution >= 0.6 is 0 Å². The van der Waals surface area contributed by atoms with Crippen LogP contribution in [0.5, 0.6) is 0 Å². The van der Waals surface area contributed by atoms with Crippen molar-refractivity contribution in [2.45, 2.75) is 58.2 Å². The van der Waals surface area contributed by atoms with E-state index in [1.54, 1.807) is 36.7 Å². The van der Waals surface area contributed by atoms with E-state index in [1.807, 2.05) is 23.9 Å². The van der Waals surface area contributed by atoms with E-state index in [0.29, 0.717) is 35.2 Å². The molecule has 196 valence electrons. The Morgan fingerprint density at radius 3 is 2.63 bits per heavy atom. The van der Waals surface area contributed by atoms with E-state index >= 15 is 4.39 Å². The van der Waals surface area contributed by atoms with Crippen LogP contribution in [0.3, 0.4) is 0 Å². The monoisotopic (exact) mass is 516 g/mol. The largest absolute Gasteiger partial charge is 0.382 e. The predicted molar refractivity (Wildman–Crippen MR) is 141 cm³/mol. The summed E-state index contributed by atoms with van der Waals surface area (Å²) in [6.45, 7) is 6.92. The average Bonchev–Trinajstić information content (AvgIpc) is 3.47. The molecule has 0 spiro atoms. The van der Waals surface area contributed by atoms with Crippen molar-refractivity contribution in [3.8, 4) is 22.4 Å². The van der Waals surface area contributed by atoms with Gasteiger partial charge in [0.15, 0.2) is 5.82 Å². The Kier molecular flexibility index (Phi) is 5.30. The number of fused-ring (bicyclic) bond motifs is 1. The van der Waals surface area contributed by atoms with E-state index in [1.165, 1.54) is 29.1 Å². The van der Waals surface area contributed by atoms with E-state index in [4.69, 9.17) is 5.73 Å². The molecular formula is C27H29FN8O2. The molecule has 6 rings (SSSR count). The van der Waals surface area contributed by atoms with E-state index in [-0.39, 0.29) is 17.5 Å². The van der Waals surface area contributed by atoms with E-state index in [2.05, 4.69) is 15.2 Å². The summed E-state index contributed by atoms with van der Waals surface area (Å²) in [6, 6.07) is 6.61. The molecule has 1 atom stereocenters. The van der Waals surface area contributed by atoms with Crippen LogP contribution in [0.2, 0.25) is 0 Å². The molecule has 2 fully saturated rings. The quantitative estimate of drug-likeness (QED) is 0.443. The van der Waals surface area contributed by atoms with Crippen molar-refractivity contribution in [3.63, 3.8) is 0 Å². The molecule has 1 aliphatic carbocycles. The molecule has 0 bridgehead atoms. The number of halogens is 1. The smallest absolute Gasteiger partial charge is 0.252 e. The third-order valence-electron chi connectivity index (χ3n) is 7.60. The van der Waals surface area contributed by atoms with Gasteiger partial charge in [0.25, 0.3) is 5.91 Å². The number of hydrogen-bond donors (Lipinski definition) is 1. The summed E-state index contributed by atoms with van der Waals surface area (Å²) in [4.78, 5) is 33.0. The number of carbonyl (C=O) groups is 2. The maximum atomic E-state index is 15.3. The van der Waals surface area contributed by atoms with Gasteiger partial charge in [0.05, 0.1) is 29.7 Å². The Balaban J connectivity index is 1.47. The van der Waals surface area contributed by atoms with Crippen molar-refractivity contribution in [2.24, 2.45) is 0 Å². The number of hydrogen-bond acceptors (Lipinski definition) is 6. The Morgan fingerprint density at radius 2 is 1.92 bits per heavy atom. The molecule has 1 unspecified atom stereocenters. The van der Waals surface area contributed by atoms with Gasteiger partial charge in [-0.15, -0.1) is 0 Å². The molecule has 0 radical (unpaired) electrons. The lowest BCUT2D eigenvalue weighted by molar-refractivity contribution is -0.146. The fraction of sp³-hybridized carbons (Fsp3) is 0.370. The number of aromatic nitrogens is 5. The maximum absolute atomic E-state index is 15.3. The van der Waals surface area contributed by atoms with Gasteiger partial charge >= 0.3 is 0 Å². The lowest BCUT2D eigenvalue weighted by atomic mass is 9.93. The Morgan fingerprint density at radius 1 is 1.16 bits per heavy atom. The lowest BCUT2D eigenvalue weighted by Crippen LogP contribution is -2.67. The van der Waals surface area contributed by atoms with Crippen molar-refractivity contribution in [3.05, 3.63) is 48.8 Å². The normalized spacial score (nSPS) is 19.4. The molecule has 2 aliphatic rings. The molecule has 1 saturated carbocycles. The highest BCUT2D eigenvalue weighted by molar-refractivity contribution is 6.04. The zero-order valence-electron chi connectivity index (χ0n) is 21.7. The Hall–Kier alpha value is -4.28. The number of nitrogen functional groups attached to an aromatic ring is 1. The van der Waals surface area contributed by atoms with Gasteiger partial charge in [-0.05, 0) is 57.9 Å². The van der Waals surface area contributed by atoms with Gasteiger partial charge in [-0.2, -0.15) is 10.2 Å². The molecule has 11 heteroatoms. The Bertz CT molecular complexity index is 1600. The van der Waals surface area contributed by atoms with E-state index in [9.17, 15) is 9.59 Å². The van der Waals surface area contributed by atoms with Crippen LogP contribution in [-0.2, 0) is 9.59 Å². The number of rotatable bonds is 4. The van der Waals surface area contributed by atoms with Crippen LogP contribution in [0.15, 0.2) is 43.0 Å². The zero-order valence-corrected chi connectivity index (χ0v) is 21.7. The SMILES string of the molecule is CC(=O)N1CC(C)N(c2cc(-c3cc(-c4cnn(C5CC5)c4)c4c(N)ncnn34)ccc2F)C(=O)C1(C)C. The van der Waals surface area contributed by atoms with Gasteiger partial charge in [-0.1, -0.05) is 0 Å². The summed E-state index contributed by atoms with van der Waals surface area (Å²) >= 11 is 0. The molecule has 4 aromatic rings. The molecule has 2 amide bonds. The highest BCUT2D eigenvalue weighted by Crippen LogP contribution is 2.40. The first-order valence-electron chi connectivity index (χ1n) is 12.7. The summed E-state index contributed by atoms with van der Waals surface area (Å²) in [6.07, 6.45) is 7.40. The third kappa shape index (κ3) is 3.64. The first-order chi connectivity index (χ1) is 18.1. The number of benzene rings is 1. The van der Waals surface area contributed by atoms with Crippen LogP contribution in [0.4, 0.5) is 15.9 Å². The van der Waals surface area contributed by atoms with Crippen LogP contribution in [0, 0.1) is 5.82 Å². The average molecular weight is 517 g/mol. The lowest BCUT2D eigenvalue weighted by Gasteiger charge is -2.48. The third-order valence-corrected chi connectivity index (χ3v) is 7.60. The first kappa shape index (κ1) is 24.1.